The first kappa shape index (κ1) is 13.9. The number of hydrogen-bond acceptors (Lipinski definition) is 4. The van der Waals surface area contributed by atoms with E-state index in [0.717, 1.165) is 57.9 Å². The van der Waals surface area contributed by atoms with Crippen LogP contribution >= 0.6 is 0 Å². The number of hydrogen-bond donors (Lipinski definition) is 2. The summed E-state index contributed by atoms with van der Waals surface area (Å²) in [7, 11) is 0. The second-order valence-electron chi connectivity index (χ2n) is 5.91. The smallest absolute Gasteiger partial charge is 0.122 e. The van der Waals surface area contributed by atoms with Crippen LogP contribution in [0.4, 0.5) is 0 Å². The fraction of sp³-hybridized carbons (Fsp3) is 0.625. The van der Waals surface area contributed by atoms with E-state index < -0.39 is 0 Å². The minimum absolute atomic E-state index is 0.00190. The van der Waals surface area contributed by atoms with Crippen LogP contribution in [0, 0.1) is 5.41 Å². The molecule has 0 aliphatic carbocycles. The van der Waals surface area contributed by atoms with Crippen molar-refractivity contribution in [2.75, 3.05) is 33.0 Å². The molecule has 1 fully saturated rings. The standard InChI is InChI=1S/C16H23NO3/c18-12-16(4-7-19-8-5-16)11-17-10-13-1-2-15-14(9-13)3-6-20-15/h1-2,9,17-18H,3-8,10-12H2. The van der Waals surface area contributed by atoms with Crippen molar-refractivity contribution in [1.82, 2.24) is 5.32 Å². The molecule has 0 aromatic heterocycles. The summed E-state index contributed by atoms with van der Waals surface area (Å²) in [5.74, 6) is 1.03. The zero-order valence-corrected chi connectivity index (χ0v) is 11.9. The van der Waals surface area contributed by atoms with Gasteiger partial charge in [-0.05, 0) is 30.0 Å². The summed E-state index contributed by atoms with van der Waals surface area (Å²) in [5.41, 5.74) is 2.60. The maximum atomic E-state index is 9.65. The van der Waals surface area contributed by atoms with E-state index in [0.29, 0.717) is 0 Å². The Bertz CT molecular complexity index is 455. The molecule has 4 heteroatoms. The van der Waals surface area contributed by atoms with Crippen LogP contribution in [0.25, 0.3) is 0 Å². The number of fused-ring (bicyclic) bond motifs is 1. The van der Waals surface area contributed by atoms with E-state index >= 15 is 0 Å². The lowest BCUT2D eigenvalue weighted by Gasteiger charge is -2.35. The van der Waals surface area contributed by atoms with Crippen molar-refractivity contribution in [3.8, 4) is 5.75 Å². The van der Waals surface area contributed by atoms with Crippen LogP contribution < -0.4 is 10.1 Å². The van der Waals surface area contributed by atoms with Crippen molar-refractivity contribution in [2.24, 2.45) is 5.41 Å². The first-order valence-electron chi connectivity index (χ1n) is 7.45. The van der Waals surface area contributed by atoms with Gasteiger partial charge >= 0.3 is 0 Å². The Labute approximate surface area is 120 Å². The van der Waals surface area contributed by atoms with Gasteiger partial charge in [0.2, 0.25) is 0 Å². The third kappa shape index (κ3) is 2.97. The van der Waals surface area contributed by atoms with E-state index in [1.54, 1.807) is 0 Å². The number of aliphatic hydroxyl groups excluding tert-OH is 1. The molecule has 0 saturated carbocycles. The van der Waals surface area contributed by atoms with Gasteiger partial charge in [0.1, 0.15) is 5.75 Å². The number of benzene rings is 1. The molecule has 110 valence electrons. The fourth-order valence-electron chi connectivity index (χ4n) is 3.02. The van der Waals surface area contributed by atoms with E-state index in [1.807, 2.05) is 0 Å². The average molecular weight is 277 g/mol. The van der Waals surface area contributed by atoms with Gasteiger partial charge in [0.05, 0.1) is 13.2 Å². The molecule has 1 saturated heterocycles. The number of nitrogens with one attached hydrogen (secondary N) is 1. The van der Waals surface area contributed by atoms with E-state index in [4.69, 9.17) is 9.47 Å². The van der Waals surface area contributed by atoms with Crippen LogP contribution in [-0.2, 0) is 17.7 Å². The summed E-state index contributed by atoms with van der Waals surface area (Å²) >= 11 is 0. The highest BCUT2D eigenvalue weighted by atomic mass is 16.5. The van der Waals surface area contributed by atoms with Crippen molar-refractivity contribution in [1.29, 1.82) is 0 Å². The maximum absolute atomic E-state index is 9.65. The maximum Gasteiger partial charge on any atom is 0.122 e. The minimum atomic E-state index is -0.00190. The molecule has 0 amide bonds. The molecule has 2 aliphatic rings. The minimum Gasteiger partial charge on any atom is -0.493 e. The van der Waals surface area contributed by atoms with Crippen LogP contribution in [0.3, 0.4) is 0 Å². The molecule has 2 N–H and O–H groups in total. The van der Waals surface area contributed by atoms with Crippen LogP contribution in [0.2, 0.25) is 0 Å². The normalized spacial score (nSPS) is 20.4. The van der Waals surface area contributed by atoms with E-state index in [9.17, 15) is 5.11 Å². The first-order valence-corrected chi connectivity index (χ1v) is 7.45. The molecule has 0 unspecified atom stereocenters. The second kappa shape index (κ2) is 6.12. The Morgan fingerprint density at radius 1 is 1.20 bits per heavy atom. The lowest BCUT2D eigenvalue weighted by Crippen LogP contribution is -2.41. The third-order valence-corrected chi connectivity index (χ3v) is 4.47. The zero-order valence-electron chi connectivity index (χ0n) is 11.9. The van der Waals surface area contributed by atoms with Crippen molar-refractivity contribution in [3.05, 3.63) is 29.3 Å². The lowest BCUT2D eigenvalue weighted by atomic mass is 9.81. The van der Waals surface area contributed by atoms with Gasteiger partial charge in [0, 0.05) is 38.1 Å². The van der Waals surface area contributed by atoms with Crippen molar-refractivity contribution in [3.63, 3.8) is 0 Å². The molecule has 1 aromatic rings. The Balaban J connectivity index is 1.54. The van der Waals surface area contributed by atoms with E-state index in [1.165, 1.54) is 11.1 Å². The average Bonchev–Trinajstić information content (AvgIpc) is 2.96. The lowest BCUT2D eigenvalue weighted by molar-refractivity contribution is -0.0154. The van der Waals surface area contributed by atoms with Gasteiger partial charge in [-0.3, -0.25) is 0 Å². The summed E-state index contributed by atoms with van der Waals surface area (Å²) < 4.78 is 10.9. The molecule has 0 radical (unpaired) electrons. The summed E-state index contributed by atoms with van der Waals surface area (Å²) in [6.45, 7) is 4.26. The van der Waals surface area contributed by atoms with Gasteiger partial charge in [0.15, 0.2) is 0 Å². The van der Waals surface area contributed by atoms with E-state index in [-0.39, 0.29) is 12.0 Å². The Morgan fingerprint density at radius 3 is 2.85 bits per heavy atom. The van der Waals surface area contributed by atoms with Gasteiger partial charge in [-0.25, -0.2) is 0 Å². The second-order valence-corrected chi connectivity index (χ2v) is 5.91. The predicted molar refractivity (Wildman–Crippen MR) is 76.9 cm³/mol. The number of aliphatic hydroxyl groups is 1. The van der Waals surface area contributed by atoms with Gasteiger partial charge in [0.25, 0.3) is 0 Å². The van der Waals surface area contributed by atoms with Crippen LogP contribution in [0.5, 0.6) is 5.75 Å². The summed E-state index contributed by atoms with van der Waals surface area (Å²) in [4.78, 5) is 0. The quantitative estimate of drug-likeness (QED) is 0.856. The Kier molecular flexibility index (Phi) is 4.24. The highest BCUT2D eigenvalue weighted by molar-refractivity contribution is 5.39. The SMILES string of the molecule is OCC1(CNCc2ccc3c(c2)CCO3)CCOCC1. The first-order chi connectivity index (χ1) is 9.81. The summed E-state index contributed by atoms with van der Waals surface area (Å²) in [6, 6.07) is 6.41. The van der Waals surface area contributed by atoms with Crippen molar-refractivity contribution < 1.29 is 14.6 Å². The van der Waals surface area contributed by atoms with Crippen LogP contribution in [0.1, 0.15) is 24.0 Å². The molecule has 20 heavy (non-hydrogen) atoms. The largest absolute Gasteiger partial charge is 0.493 e. The van der Waals surface area contributed by atoms with Gasteiger partial charge in [-0.2, -0.15) is 0 Å². The molecule has 0 spiro atoms. The molecular formula is C16H23NO3. The molecule has 0 bridgehead atoms. The van der Waals surface area contributed by atoms with Crippen molar-refractivity contribution >= 4 is 0 Å². The van der Waals surface area contributed by atoms with Gasteiger partial charge in [-0.15, -0.1) is 0 Å². The van der Waals surface area contributed by atoms with Crippen LogP contribution in [-0.4, -0.2) is 38.1 Å². The highest BCUT2D eigenvalue weighted by Crippen LogP contribution is 2.29. The molecule has 3 rings (SSSR count). The topological polar surface area (TPSA) is 50.7 Å². The molecule has 4 nitrogen and oxygen atoms in total. The molecule has 2 aliphatic heterocycles. The van der Waals surface area contributed by atoms with Crippen molar-refractivity contribution in [2.45, 2.75) is 25.8 Å². The summed E-state index contributed by atoms with van der Waals surface area (Å²) in [5, 5.41) is 13.2. The Morgan fingerprint density at radius 2 is 2.05 bits per heavy atom. The predicted octanol–water partition coefficient (Wildman–Crippen LogP) is 1.50. The molecule has 2 heterocycles. The molecular weight excluding hydrogens is 254 g/mol. The van der Waals surface area contributed by atoms with Crippen LogP contribution in [0.15, 0.2) is 18.2 Å². The van der Waals surface area contributed by atoms with E-state index in [2.05, 4.69) is 23.5 Å². The summed E-state index contributed by atoms with van der Waals surface area (Å²) in [6.07, 6.45) is 2.89. The van der Waals surface area contributed by atoms with Gasteiger partial charge in [-0.1, -0.05) is 12.1 Å². The fourth-order valence-corrected chi connectivity index (χ4v) is 3.02. The highest BCUT2D eigenvalue weighted by Gasteiger charge is 2.31. The molecule has 1 aromatic carbocycles. The monoisotopic (exact) mass is 277 g/mol. The third-order valence-electron chi connectivity index (χ3n) is 4.47. The van der Waals surface area contributed by atoms with Gasteiger partial charge < -0.3 is 19.9 Å². The molecule has 0 atom stereocenters. The Hall–Kier alpha value is -1.10. The number of ether oxygens (including phenoxy) is 2. The number of rotatable bonds is 5. The zero-order chi connectivity index (χ0) is 13.8.